The molecule has 3 aromatic carbocycles. The topological polar surface area (TPSA) is 83.6 Å². The minimum Gasteiger partial charge on any atom is -0.504 e. The van der Waals surface area contributed by atoms with E-state index in [9.17, 15) is 27.8 Å². The maximum absolute atomic E-state index is 12.6. The summed E-state index contributed by atoms with van der Waals surface area (Å²) in [6, 6.07) is 11.2. The van der Waals surface area contributed by atoms with Gasteiger partial charge in [-0.15, -0.1) is 0 Å². The van der Waals surface area contributed by atoms with Gasteiger partial charge in [0.05, 0.1) is 32.4 Å². The van der Waals surface area contributed by atoms with Crippen molar-refractivity contribution in [2.45, 2.75) is 88.1 Å². The molecule has 0 saturated heterocycles. The van der Waals surface area contributed by atoms with Crippen LogP contribution in [0.1, 0.15) is 88.2 Å². The summed E-state index contributed by atoms with van der Waals surface area (Å²) >= 11 is 2.41. The van der Waals surface area contributed by atoms with Crippen molar-refractivity contribution in [2.75, 3.05) is 14.2 Å². The molecule has 8 bridgehead atoms. The Labute approximate surface area is 341 Å². The largest absolute Gasteiger partial charge is 0.504 e. The summed E-state index contributed by atoms with van der Waals surface area (Å²) in [5.41, 5.74) is 1.85. The number of ether oxygens (including phenoxy) is 2. The smallest absolute Gasteiger partial charge is 0.176 e. The van der Waals surface area contributed by atoms with Crippen LogP contribution in [-0.4, -0.2) is 47.9 Å². The van der Waals surface area contributed by atoms with Crippen LogP contribution in [-0.2, 0) is 0 Å². The van der Waals surface area contributed by atoms with Gasteiger partial charge in [0, 0.05) is 23.6 Å². The second-order valence-corrected chi connectivity index (χ2v) is 18.6. The van der Waals surface area contributed by atoms with Crippen molar-refractivity contribution in [2.24, 2.45) is 45.5 Å². The molecule has 0 atom stereocenters. The summed E-state index contributed by atoms with van der Waals surface area (Å²) < 4.78 is 59.6. The number of phenols is 2. The molecule has 8 fully saturated rings. The summed E-state index contributed by atoms with van der Waals surface area (Å²) in [5, 5.41) is 20.4. The highest BCUT2D eigenvalue weighted by Crippen LogP contribution is 2.58. The zero-order chi connectivity index (χ0) is 38.4. The Balaban J connectivity index is 0.000000131. The number of benzene rings is 3. The summed E-state index contributed by atoms with van der Waals surface area (Å²) in [6.45, 7) is 0. The van der Waals surface area contributed by atoms with Crippen LogP contribution in [0.15, 0.2) is 46.4 Å². The second kappa shape index (κ2) is 16.1. The lowest BCUT2D eigenvalue weighted by Gasteiger charge is -2.55. The number of aromatic hydroxyl groups is 2. The molecule has 290 valence electrons. The molecule has 0 heterocycles. The van der Waals surface area contributed by atoms with Crippen LogP contribution >= 0.6 is 45.2 Å². The molecule has 8 aliphatic carbocycles. The Hall–Kier alpha value is -2.62. The Morgan fingerprint density at radius 3 is 1.09 bits per heavy atom. The van der Waals surface area contributed by atoms with E-state index in [1.54, 1.807) is 26.4 Å². The first-order valence-electron chi connectivity index (χ1n) is 18.8. The van der Waals surface area contributed by atoms with Crippen LogP contribution in [0, 0.1) is 65.9 Å². The van der Waals surface area contributed by atoms with Gasteiger partial charge in [-0.05, 0) is 182 Å². The summed E-state index contributed by atoms with van der Waals surface area (Å²) in [7, 11) is 3.16. The second-order valence-electron chi connectivity index (χ2n) is 16.5. The first kappa shape index (κ1) is 39.6. The van der Waals surface area contributed by atoms with Crippen molar-refractivity contribution in [1.29, 1.82) is 0 Å². The van der Waals surface area contributed by atoms with Gasteiger partial charge in [-0.1, -0.05) is 12.1 Å². The van der Waals surface area contributed by atoms with Crippen molar-refractivity contribution in [3.63, 3.8) is 0 Å². The fraction of sp³-hybridized carbons (Fsp3) is 0.524. The van der Waals surface area contributed by atoms with E-state index in [0.29, 0.717) is 11.5 Å². The van der Waals surface area contributed by atoms with E-state index < -0.39 is 30.4 Å². The van der Waals surface area contributed by atoms with Gasteiger partial charge in [-0.3, -0.25) is 9.98 Å². The van der Waals surface area contributed by atoms with Crippen LogP contribution in [0.2, 0.25) is 0 Å². The average molecular weight is 973 g/mol. The monoisotopic (exact) mass is 972 g/mol. The minimum atomic E-state index is -1.35. The van der Waals surface area contributed by atoms with Gasteiger partial charge in [0.25, 0.3) is 0 Å². The predicted octanol–water partition coefficient (Wildman–Crippen LogP) is 11.0. The standard InChI is InChI=1S/2C18H23NO2.C6F4I2/c2*1-21-16-4-2-3-15(17(16)20)11-19-18-8-12-5-13(9-18)7-14(6-12)10-18;7-1-2(8)6(12)4(10)3(9)5(1)11/h2*2-4,11-14,20H,5-10H2,1H3;. The molecule has 0 aliphatic heterocycles. The van der Waals surface area contributed by atoms with Crippen molar-refractivity contribution >= 4 is 57.6 Å². The number of hydrogen-bond donors (Lipinski definition) is 2. The van der Waals surface area contributed by atoms with Crippen LogP contribution in [0.3, 0.4) is 0 Å². The fourth-order valence-corrected chi connectivity index (χ4v) is 12.0. The molecule has 12 heteroatoms. The number of phenolic OH excluding ortho intramolecular Hbond substituents is 2. The lowest BCUT2D eigenvalue weighted by molar-refractivity contribution is 0.00177. The number of hydrogen-bond acceptors (Lipinski definition) is 6. The quantitative estimate of drug-likeness (QED) is 0.0848. The van der Waals surface area contributed by atoms with E-state index in [2.05, 4.69) is 0 Å². The maximum Gasteiger partial charge on any atom is 0.176 e. The molecule has 0 aromatic heterocycles. The van der Waals surface area contributed by atoms with Gasteiger partial charge < -0.3 is 19.7 Å². The van der Waals surface area contributed by atoms with Crippen LogP contribution < -0.4 is 9.47 Å². The van der Waals surface area contributed by atoms with Gasteiger partial charge in [0.1, 0.15) is 0 Å². The number of halogens is 6. The molecule has 54 heavy (non-hydrogen) atoms. The Morgan fingerprint density at radius 1 is 0.556 bits per heavy atom. The first-order chi connectivity index (χ1) is 25.8. The highest BCUT2D eigenvalue weighted by molar-refractivity contribution is 14.1. The molecular formula is C42H46F4I2N2O4. The number of aliphatic imine (C=N–C) groups is 2. The van der Waals surface area contributed by atoms with E-state index in [0.717, 1.165) is 46.6 Å². The highest BCUT2D eigenvalue weighted by Gasteiger charge is 2.51. The zero-order valence-electron chi connectivity index (χ0n) is 30.4. The molecule has 11 rings (SSSR count). The van der Waals surface area contributed by atoms with E-state index in [1.807, 2.05) is 36.7 Å². The molecule has 2 N–H and O–H groups in total. The van der Waals surface area contributed by atoms with Crippen LogP contribution in [0.4, 0.5) is 17.6 Å². The molecule has 8 saturated carbocycles. The maximum atomic E-state index is 12.6. The van der Waals surface area contributed by atoms with E-state index in [-0.39, 0.29) is 22.6 Å². The fourth-order valence-electron chi connectivity index (χ4n) is 11.1. The Bertz CT molecular complexity index is 1660. The summed E-state index contributed by atoms with van der Waals surface area (Å²) in [5.74, 6) is 1.42. The van der Waals surface area contributed by atoms with Crippen molar-refractivity contribution < 1.29 is 37.2 Å². The van der Waals surface area contributed by atoms with Gasteiger partial charge in [0.2, 0.25) is 0 Å². The van der Waals surface area contributed by atoms with Crippen molar-refractivity contribution in [3.8, 4) is 23.0 Å². The molecule has 0 amide bonds. The first-order valence-corrected chi connectivity index (χ1v) is 21.0. The zero-order valence-corrected chi connectivity index (χ0v) is 34.8. The van der Waals surface area contributed by atoms with E-state index in [1.165, 1.54) is 122 Å². The molecule has 3 aromatic rings. The lowest BCUT2D eigenvalue weighted by Crippen LogP contribution is -2.49. The Kier molecular flexibility index (Phi) is 11.8. The van der Waals surface area contributed by atoms with Crippen LogP contribution in [0.25, 0.3) is 0 Å². The van der Waals surface area contributed by atoms with Crippen LogP contribution in [0.5, 0.6) is 23.0 Å². The number of nitrogens with zero attached hydrogens (tertiary/aromatic N) is 2. The number of para-hydroxylation sites is 2. The third-order valence-corrected chi connectivity index (χ3v) is 14.5. The Morgan fingerprint density at radius 2 is 0.833 bits per heavy atom. The third-order valence-electron chi connectivity index (χ3n) is 12.6. The van der Waals surface area contributed by atoms with Gasteiger partial charge in [0.15, 0.2) is 46.3 Å². The average Bonchev–Trinajstić information content (AvgIpc) is 3.14. The molecule has 0 spiro atoms. The molecule has 0 radical (unpaired) electrons. The number of rotatable bonds is 6. The minimum absolute atomic E-state index is 0.157. The molecular weight excluding hydrogens is 926 g/mol. The predicted molar refractivity (Wildman–Crippen MR) is 218 cm³/mol. The molecule has 6 nitrogen and oxygen atoms in total. The van der Waals surface area contributed by atoms with E-state index in [4.69, 9.17) is 19.5 Å². The normalized spacial score (nSPS) is 31.3. The van der Waals surface area contributed by atoms with Crippen molar-refractivity contribution in [3.05, 3.63) is 77.9 Å². The SMILES string of the molecule is COc1cccc(C=NC23CC4CC(CC(C4)C2)C3)c1O.COc1cccc(C=NC23CC4CC(CC(C4)C2)C3)c1O.Fc1c(F)c(I)c(F)c(F)c1I. The molecule has 8 aliphatic rings. The van der Waals surface area contributed by atoms with Gasteiger partial charge in [-0.2, -0.15) is 0 Å². The number of methoxy groups -OCH3 is 2. The lowest BCUT2D eigenvalue weighted by atomic mass is 9.53. The molecule has 0 unspecified atom stereocenters. The van der Waals surface area contributed by atoms with Gasteiger partial charge >= 0.3 is 0 Å². The summed E-state index contributed by atoms with van der Waals surface area (Å²) in [6.07, 6.45) is 19.8. The highest BCUT2D eigenvalue weighted by atomic mass is 127. The van der Waals surface area contributed by atoms with E-state index >= 15 is 0 Å². The third kappa shape index (κ3) is 8.11. The van der Waals surface area contributed by atoms with Gasteiger partial charge in [-0.25, -0.2) is 17.6 Å². The van der Waals surface area contributed by atoms with Crippen molar-refractivity contribution in [1.82, 2.24) is 0 Å². The summed E-state index contributed by atoms with van der Waals surface area (Å²) in [4.78, 5) is 9.96.